The quantitative estimate of drug-likeness (QED) is 0.369. The first-order valence-electron chi connectivity index (χ1n) is 9.75. The highest BCUT2D eigenvalue weighted by Crippen LogP contribution is 2.10. The Labute approximate surface area is 153 Å². The Kier molecular flexibility index (Phi) is 12.3. The molecule has 1 rings (SSSR count). The van der Waals surface area contributed by atoms with E-state index in [0.717, 1.165) is 44.7 Å². The third-order valence-electron chi connectivity index (χ3n) is 4.23. The molecular weight excluding hydrogens is 314 g/mol. The average molecular weight is 352 g/mol. The summed E-state index contributed by atoms with van der Waals surface area (Å²) in [5.41, 5.74) is 2.25. The van der Waals surface area contributed by atoms with E-state index >= 15 is 0 Å². The van der Waals surface area contributed by atoms with Crippen molar-refractivity contribution in [2.45, 2.75) is 71.9 Å². The molecule has 2 N–H and O–H groups in total. The number of ether oxygens (including phenoxy) is 1. The number of hydrogen-bond acceptors (Lipinski definition) is 5. The molecular formula is C20H37N3O2. The molecule has 1 atom stereocenters. The van der Waals surface area contributed by atoms with Crippen LogP contribution >= 0.6 is 0 Å². The average Bonchev–Trinajstić information content (AvgIpc) is 2.58. The maximum absolute atomic E-state index is 9.96. The van der Waals surface area contributed by atoms with E-state index in [0.29, 0.717) is 13.1 Å². The Morgan fingerprint density at radius 3 is 2.72 bits per heavy atom. The van der Waals surface area contributed by atoms with E-state index in [-0.39, 0.29) is 0 Å². The van der Waals surface area contributed by atoms with Gasteiger partial charge in [0.1, 0.15) is 12.9 Å². The predicted octanol–water partition coefficient (Wildman–Crippen LogP) is 3.81. The summed E-state index contributed by atoms with van der Waals surface area (Å²) in [6.07, 6.45) is 13.2. The van der Waals surface area contributed by atoms with Crippen molar-refractivity contribution < 1.29 is 9.84 Å². The molecule has 144 valence electrons. The van der Waals surface area contributed by atoms with Crippen LogP contribution in [0.25, 0.3) is 0 Å². The largest absolute Gasteiger partial charge is 0.381 e. The third-order valence-corrected chi connectivity index (χ3v) is 4.23. The van der Waals surface area contributed by atoms with Crippen molar-refractivity contribution in [2.75, 3.05) is 26.4 Å². The standard InChI is InChI=1S/C20H37N3O2/c1-4-5-8-14-25-15-9-6-7-12-21-20(24)11-10-13-23-17-22-18(2)16-19(23)3/h10,13,16,20-21,24H,4-9,11-12,14-15,17H2,1-3H3/b13-10-. The maximum atomic E-state index is 9.96. The number of allylic oxidation sites excluding steroid dienone is 2. The number of rotatable bonds is 14. The van der Waals surface area contributed by atoms with E-state index in [9.17, 15) is 5.11 Å². The summed E-state index contributed by atoms with van der Waals surface area (Å²) >= 11 is 0. The van der Waals surface area contributed by atoms with Crippen LogP contribution in [-0.4, -0.2) is 48.4 Å². The van der Waals surface area contributed by atoms with Crippen molar-refractivity contribution in [3.8, 4) is 0 Å². The fourth-order valence-corrected chi connectivity index (χ4v) is 2.63. The lowest BCUT2D eigenvalue weighted by molar-refractivity contribution is 0.123. The van der Waals surface area contributed by atoms with Crippen LogP contribution in [-0.2, 0) is 4.74 Å². The minimum absolute atomic E-state index is 0.485. The van der Waals surface area contributed by atoms with Crippen LogP contribution in [0.15, 0.2) is 29.0 Å². The highest BCUT2D eigenvalue weighted by Gasteiger charge is 2.06. The van der Waals surface area contributed by atoms with Gasteiger partial charge in [-0.25, -0.2) is 0 Å². The van der Waals surface area contributed by atoms with E-state index in [1.54, 1.807) is 0 Å². The summed E-state index contributed by atoms with van der Waals surface area (Å²) in [5.74, 6) is 0. The second kappa shape index (κ2) is 14.0. The third kappa shape index (κ3) is 11.1. The van der Waals surface area contributed by atoms with Gasteiger partial charge in [-0.3, -0.25) is 10.3 Å². The summed E-state index contributed by atoms with van der Waals surface area (Å²) in [5, 5.41) is 13.1. The zero-order valence-electron chi connectivity index (χ0n) is 16.3. The van der Waals surface area contributed by atoms with Crippen molar-refractivity contribution in [3.05, 3.63) is 24.0 Å². The molecule has 1 unspecified atom stereocenters. The number of aliphatic hydroxyl groups is 1. The second-order valence-corrected chi connectivity index (χ2v) is 6.67. The lowest BCUT2D eigenvalue weighted by Crippen LogP contribution is -2.29. The van der Waals surface area contributed by atoms with E-state index in [1.807, 2.05) is 19.2 Å². The number of hydrogen-bond donors (Lipinski definition) is 2. The molecule has 0 aromatic rings. The molecule has 1 aliphatic heterocycles. The van der Waals surface area contributed by atoms with Crippen LogP contribution in [0.3, 0.4) is 0 Å². The summed E-state index contributed by atoms with van der Waals surface area (Å²) in [4.78, 5) is 6.48. The topological polar surface area (TPSA) is 57.1 Å². The van der Waals surface area contributed by atoms with Crippen LogP contribution in [0.2, 0.25) is 0 Å². The molecule has 0 bridgehead atoms. The van der Waals surface area contributed by atoms with Crippen molar-refractivity contribution in [3.63, 3.8) is 0 Å². The second-order valence-electron chi connectivity index (χ2n) is 6.67. The Morgan fingerprint density at radius 2 is 2.00 bits per heavy atom. The van der Waals surface area contributed by atoms with Crippen LogP contribution in [0.5, 0.6) is 0 Å². The van der Waals surface area contributed by atoms with Gasteiger partial charge < -0.3 is 14.7 Å². The highest BCUT2D eigenvalue weighted by atomic mass is 16.5. The van der Waals surface area contributed by atoms with Gasteiger partial charge in [0, 0.05) is 37.2 Å². The molecule has 0 radical (unpaired) electrons. The fraction of sp³-hybridized carbons (Fsp3) is 0.750. The van der Waals surface area contributed by atoms with E-state index in [4.69, 9.17) is 4.74 Å². The number of nitrogens with one attached hydrogen (secondary N) is 1. The molecule has 0 amide bonds. The fourth-order valence-electron chi connectivity index (χ4n) is 2.63. The SMILES string of the molecule is CCCCCOCCCCCNC(O)C/C=C\N1CN=C(C)C=C1C. The maximum Gasteiger partial charge on any atom is 0.114 e. The Bertz CT molecular complexity index is 433. The minimum atomic E-state index is -0.485. The zero-order chi connectivity index (χ0) is 18.3. The Hall–Kier alpha value is -1.17. The predicted molar refractivity (Wildman–Crippen MR) is 106 cm³/mol. The minimum Gasteiger partial charge on any atom is -0.381 e. The number of nitrogens with zero attached hydrogens (tertiary/aromatic N) is 2. The van der Waals surface area contributed by atoms with Gasteiger partial charge in [-0.1, -0.05) is 25.8 Å². The van der Waals surface area contributed by atoms with Crippen molar-refractivity contribution in [1.29, 1.82) is 0 Å². The van der Waals surface area contributed by atoms with Gasteiger partial charge in [-0.15, -0.1) is 0 Å². The first-order valence-corrected chi connectivity index (χ1v) is 9.75. The van der Waals surface area contributed by atoms with Crippen LogP contribution in [0, 0.1) is 0 Å². The monoisotopic (exact) mass is 351 g/mol. The summed E-state index contributed by atoms with van der Waals surface area (Å²) in [7, 11) is 0. The Morgan fingerprint density at radius 1 is 1.24 bits per heavy atom. The molecule has 0 aromatic heterocycles. The normalized spacial score (nSPS) is 16.2. The van der Waals surface area contributed by atoms with Crippen molar-refractivity contribution >= 4 is 5.71 Å². The van der Waals surface area contributed by atoms with E-state index in [2.05, 4.69) is 35.1 Å². The highest BCUT2D eigenvalue weighted by molar-refractivity contribution is 5.93. The summed E-state index contributed by atoms with van der Waals surface area (Å²) < 4.78 is 5.59. The van der Waals surface area contributed by atoms with Gasteiger partial charge in [-0.05, 0) is 52.2 Å². The number of aliphatic imine (C=N–C) groups is 1. The zero-order valence-corrected chi connectivity index (χ0v) is 16.3. The molecule has 1 aliphatic rings. The van der Waals surface area contributed by atoms with Crippen molar-refractivity contribution in [1.82, 2.24) is 10.2 Å². The molecule has 0 spiro atoms. The van der Waals surface area contributed by atoms with Gasteiger partial charge >= 0.3 is 0 Å². The molecule has 25 heavy (non-hydrogen) atoms. The van der Waals surface area contributed by atoms with Crippen molar-refractivity contribution in [2.24, 2.45) is 4.99 Å². The van der Waals surface area contributed by atoms with E-state index < -0.39 is 6.23 Å². The van der Waals surface area contributed by atoms with Gasteiger partial charge in [0.25, 0.3) is 0 Å². The molecule has 0 aliphatic carbocycles. The van der Waals surface area contributed by atoms with Gasteiger partial charge in [0.15, 0.2) is 0 Å². The first-order chi connectivity index (χ1) is 12.1. The molecule has 0 aromatic carbocycles. The molecule has 0 fully saturated rings. The molecule has 1 heterocycles. The van der Waals surface area contributed by atoms with Crippen LogP contribution in [0.1, 0.15) is 65.7 Å². The van der Waals surface area contributed by atoms with Gasteiger partial charge in [0.05, 0.1) is 0 Å². The lowest BCUT2D eigenvalue weighted by Gasteiger charge is -2.22. The molecule has 0 saturated heterocycles. The molecule has 0 saturated carbocycles. The lowest BCUT2D eigenvalue weighted by atomic mass is 10.2. The summed E-state index contributed by atoms with van der Waals surface area (Å²) in [6, 6.07) is 0. The van der Waals surface area contributed by atoms with E-state index in [1.165, 1.54) is 25.0 Å². The van der Waals surface area contributed by atoms with Gasteiger partial charge in [0.2, 0.25) is 0 Å². The van der Waals surface area contributed by atoms with Crippen LogP contribution < -0.4 is 5.32 Å². The van der Waals surface area contributed by atoms with Crippen LogP contribution in [0.4, 0.5) is 0 Å². The molecule has 5 nitrogen and oxygen atoms in total. The first kappa shape index (κ1) is 21.9. The smallest absolute Gasteiger partial charge is 0.114 e. The number of unbranched alkanes of at least 4 members (excludes halogenated alkanes) is 4. The number of aliphatic hydroxyl groups excluding tert-OH is 1. The Balaban J connectivity index is 1.96. The molecule has 5 heteroatoms. The van der Waals surface area contributed by atoms with Gasteiger partial charge in [-0.2, -0.15) is 0 Å². The summed E-state index contributed by atoms with van der Waals surface area (Å²) in [6.45, 7) is 9.55.